The minimum absolute atomic E-state index is 0.212. The SMILES string of the molecule is CCOc1ccc(/C(CC)=N/NC(=O)c2n[nH]c3c2CC(C(C)(C)C)CC3)cc1. The van der Waals surface area contributed by atoms with E-state index < -0.39 is 0 Å². The number of aromatic amines is 1. The van der Waals surface area contributed by atoms with E-state index in [4.69, 9.17) is 4.74 Å². The van der Waals surface area contributed by atoms with Gasteiger partial charge in [0.1, 0.15) is 5.75 Å². The molecule has 156 valence electrons. The molecule has 3 rings (SSSR count). The lowest BCUT2D eigenvalue weighted by atomic mass is 9.71. The van der Waals surface area contributed by atoms with Gasteiger partial charge in [0, 0.05) is 11.3 Å². The summed E-state index contributed by atoms with van der Waals surface area (Å²) in [6, 6.07) is 7.76. The molecule has 1 atom stereocenters. The van der Waals surface area contributed by atoms with Crippen molar-refractivity contribution >= 4 is 11.6 Å². The molecule has 1 aromatic carbocycles. The quantitative estimate of drug-likeness (QED) is 0.557. The maximum Gasteiger partial charge on any atom is 0.292 e. The number of benzene rings is 1. The zero-order chi connectivity index (χ0) is 21.0. The van der Waals surface area contributed by atoms with Crippen LogP contribution in [0, 0.1) is 11.3 Å². The highest BCUT2D eigenvalue weighted by Crippen LogP contribution is 2.37. The number of nitrogens with one attached hydrogen (secondary N) is 2. The minimum Gasteiger partial charge on any atom is -0.494 e. The fourth-order valence-corrected chi connectivity index (χ4v) is 3.85. The number of rotatable bonds is 6. The van der Waals surface area contributed by atoms with Crippen LogP contribution in [0.3, 0.4) is 0 Å². The van der Waals surface area contributed by atoms with Crippen LogP contribution in [0.2, 0.25) is 0 Å². The van der Waals surface area contributed by atoms with Crippen LogP contribution in [0.4, 0.5) is 0 Å². The van der Waals surface area contributed by atoms with Crippen molar-refractivity contribution in [2.75, 3.05) is 6.61 Å². The molecule has 6 nitrogen and oxygen atoms in total. The maximum atomic E-state index is 12.8. The number of aromatic nitrogens is 2. The number of amides is 1. The number of aryl methyl sites for hydroxylation is 1. The average molecular weight is 397 g/mol. The highest BCUT2D eigenvalue weighted by Gasteiger charge is 2.32. The number of fused-ring (bicyclic) bond motifs is 1. The molecule has 0 fully saturated rings. The first-order chi connectivity index (χ1) is 13.8. The van der Waals surface area contributed by atoms with Gasteiger partial charge in [-0.15, -0.1) is 0 Å². The maximum absolute atomic E-state index is 12.8. The fraction of sp³-hybridized carbons (Fsp3) is 0.522. The van der Waals surface area contributed by atoms with Crippen LogP contribution in [0.5, 0.6) is 5.75 Å². The largest absolute Gasteiger partial charge is 0.494 e. The Morgan fingerprint density at radius 1 is 1.28 bits per heavy atom. The molecular weight excluding hydrogens is 364 g/mol. The first kappa shape index (κ1) is 21.1. The molecule has 0 radical (unpaired) electrons. The first-order valence-electron chi connectivity index (χ1n) is 10.5. The number of ether oxygens (including phenoxy) is 1. The molecule has 0 aliphatic heterocycles. The molecule has 1 aliphatic rings. The molecule has 1 aliphatic carbocycles. The summed E-state index contributed by atoms with van der Waals surface area (Å²) in [5, 5.41) is 11.7. The van der Waals surface area contributed by atoms with Crippen molar-refractivity contribution in [3.63, 3.8) is 0 Å². The van der Waals surface area contributed by atoms with Crippen molar-refractivity contribution in [2.24, 2.45) is 16.4 Å². The second-order valence-corrected chi connectivity index (χ2v) is 8.65. The van der Waals surface area contributed by atoms with Gasteiger partial charge < -0.3 is 4.74 Å². The summed E-state index contributed by atoms with van der Waals surface area (Å²) in [6.07, 6.45) is 3.64. The van der Waals surface area contributed by atoms with E-state index in [1.165, 1.54) is 0 Å². The number of H-pyrrole nitrogens is 1. The zero-order valence-electron chi connectivity index (χ0n) is 18.1. The Hall–Kier alpha value is -2.63. The molecule has 0 bridgehead atoms. The van der Waals surface area contributed by atoms with Gasteiger partial charge in [-0.25, -0.2) is 5.43 Å². The molecule has 1 unspecified atom stereocenters. The standard InChI is InChI=1S/C23H32N4O2/c1-6-19(15-8-11-17(12-9-15)29-7-2)24-27-22(28)21-18-14-16(23(3,4)5)10-13-20(18)25-26-21/h8-9,11-12,16H,6-7,10,13-14H2,1-5H3,(H,25,26)(H,27,28)/b24-19+. The second-order valence-electron chi connectivity index (χ2n) is 8.65. The zero-order valence-corrected chi connectivity index (χ0v) is 18.1. The van der Waals surface area contributed by atoms with Crippen LogP contribution >= 0.6 is 0 Å². The fourth-order valence-electron chi connectivity index (χ4n) is 3.85. The average Bonchev–Trinajstić information content (AvgIpc) is 3.12. The lowest BCUT2D eigenvalue weighted by Crippen LogP contribution is -2.28. The normalized spacial score (nSPS) is 17.0. The molecule has 0 saturated carbocycles. The number of hydrogen-bond donors (Lipinski definition) is 2. The van der Waals surface area contributed by atoms with E-state index in [2.05, 4.69) is 41.5 Å². The van der Waals surface area contributed by atoms with Crippen molar-refractivity contribution in [2.45, 2.75) is 60.3 Å². The van der Waals surface area contributed by atoms with Gasteiger partial charge in [0.15, 0.2) is 5.69 Å². The van der Waals surface area contributed by atoms with Gasteiger partial charge in [0.2, 0.25) is 0 Å². The molecule has 29 heavy (non-hydrogen) atoms. The van der Waals surface area contributed by atoms with Crippen LogP contribution in [-0.4, -0.2) is 28.4 Å². The van der Waals surface area contributed by atoms with Crippen LogP contribution in [-0.2, 0) is 12.8 Å². The highest BCUT2D eigenvalue weighted by molar-refractivity contribution is 6.02. The predicted octanol–water partition coefficient (Wildman–Crippen LogP) is 4.50. The lowest BCUT2D eigenvalue weighted by Gasteiger charge is -2.33. The number of hydrazone groups is 1. The van der Waals surface area contributed by atoms with Crippen molar-refractivity contribution in [3.05, 3.63) is 46.8 Å². The Kier molecular flexibility index (Phi) is 6.40. The van der Waals surface area contributed by atoms with E-state index in [9.17, 15) is 4.79 Å². The Bertz CT molecular complexity index is 875. The molecular formula is C23H32N4O2. The molecule has 0 spiro atoms. The van der Waals surface area contributed by atoms with E-state index in [-0.39, 0.29) is 11.3 Å². The third kappa shape index (κ3) is 4.86. The third-order valence-electron chi connectivity index (χ3n) is 5.71. The van der Waals surface area contributed by atoms with Gasteiger partial charge in [-0.05, 0) is 73.8 Å². The summed E-state index contributed by atoms with van der Waals surface area (Å²) in [7, 11) is 0. The van der Waals surface area contributed by atoms with Gasteiger partial charge >= 0.3 is 0 Å². The predicted molar refractivity (Wildman–Crippen MR) is 115 cm³/mol. The monoisotopic (exact) mass is 396 g/mol. The molecule has 2 aromatic rings. The van der Waals surface area contributed by atoms with Gasteiger partial charge in [0.05, 0.1) is 12.3 Å². The number of hydrogen-bond acceptors (Lipinski definition) is 4. The molecule has 1 heterocycles. The Balaban J connectivity index is 1.74. The second kappa shape index (κ2) is 8.80. The smallest absolute Gasteiger partial charge is 0.292 e. The van der Waals surface area contributed by atoms with Crippen molar-refractivity contribution in [3.8, 4) is 5.75 Å². The summed E-state index contributed by atoms with van der Waals surface area (Å²) >= 11 is 0. The van der Waals surface area contributed by atoms with Crippen LogP contribution in [0.1, 0.15) is 74.8 Å². The van der Waals surface area contributed by atoms with Gasteiger partial charge in [-0.3, -0.25) is 9.89 Å². The van der Waals surface area contributed by atoms with Crippen molar-refractivity contribution in [1.82, 2.24) is 15.6 Å². The van der Waals surface area contributed by atoms with E-state index >= 15 is 0 Å². The summed E-state index contributed by atoms with van der Waals surface area (Å²) in [5.41, 5.74) is 7.31. The highest BCUT2D eigenvalue weighted by atomic mass is 16.5. The van der Waals surface area contributed by atoms with Crippen molar-refractivity contribution in [1.29, 1.82) is 0 Å². The Labute approximate surface area is 173 Å². The van der Waals surface area contributed by atoms with E-state index in [1.807, 2.05) is 38.1 Å². The summed E-state index contributed by atoms with van der Waals surface area (Å²) in [4.78, 5) is 12.8. The van der Waals surface area contributed by atoms with Gasteiger partial charge in [-0.2, -0.15) is 10.2 Å². The van der Waals surface area contributed by atoms with E-state index in [0.717, 1.165) is 47.5 Å². The Morgan fingerprint density at radius 2 is 2.00 bits per heavy atom. The summed E-state index contributed by atoms with van der Waals surface area (Å²) < 4.78 is 5.49. The van der Waals surface area contributed by atoms with Crippen LogP contribution in [0.15, 0.2) is 29.4 Å². The Morgan fingerprint density at radius 3 is 2.62 bits per heavy atom. The number of carbonyl (C=O) groups excluding carboxylic acids is 1. The van der Waals surface area contributed by atoms with Crippen LogP contribution < -0.4 is 10.2 Å². The van der Waals surface area contributed by atoms with Gasteiger partial charge in [0.25, 0.3) is 5.91 Å². The molecule has 1 amide bonds. The summed E-state index contributed by atoms with van der Waals surface area (Å²) in [5.74, 6) is 1.11. The van der Waals surface area contributed by atoms with E-state index in [0.29, 0.717) is 24.6 Å². The molecule has 2 N–H and O–H groups in total. The topological polar surface area (TPSA) is 79.4 Å². The van der Waals surface area contributed by atoms with Gasteiger partial charge in [-0.1, -0.05) is 27.7 Å². The molecule has 1 aromatic heterocycles. The summed E-state index contributed by atoms with van der Waals surface area (Å²) in [6.45, 7) is 11.4. The number of carbonyl (C=O) groups is 1. The number of nitrogens with zero attached hydrogens (tertiary/aromatic N) is 2. The van der Waals surface area contributed by atoms with Crippen molar-refractivity contribution < 1.29 is 9.53 Å². The van der Waals surface area contributed by atoms with Crippen LogP contribution in [0.25, 0.3) is 0 Å². The first-order valence-corrected chi connectivity index (χ1v) is 10.5. The van der Waals surface area contributed by atoms with E-state index in [1.54, 1.807) is 0 Å². The molecule has 6 heteroatoms. The minimum atomic E-state index is -0.256. The molecule has 0 saturated heterocycles. The lowest BCUT2D eigenvalue weighted by molar-refractivity contribution is 0.0947. The third-order valence-corrected chi connectivity index (χ3v) is 5.71.